The number of benzene rings is 2. The van der Waals surface area contributed by atoms with Crippen LogP contribution < -0.4 is 20.5 Å². The maximum absolute atomic E-state index is 12.4. The van der Waals surface area contributed by atoms with E-state index in [2.05, 4.69) is 39.5 Å². The molecule has 9 heteroatoms. The summed E-state index contributed by atoms with van der Waals surface area (Å²) in [6.07, 6.45) is 3.36. The predicted molar refractivity (Wildman–Crippen MR) is 143 cm³/mol. The van der Waals surface area contributed by atoms with Crippen LogP contribution in [-0.4, -0.2) is 19.1 Å². The van der Waals surface area contributed by atoms with Gasteiger partial charge in [-0.05, 0) is 54.5 Å². The molecule has 3 N–H and O–H groups in total. The lowest BCUT2D eigenvalue weighted by atomic mass is 9.59. The highest BCUT2D eigenvalue weighted by molar-refractivity contribution is 9.10. The van der Waals surface area contributed by atoms with Gasteiger partial charge in [-0.25, -0.2) is 0 Å². The Hall–Kier alpha value is -4.26. The Morgan fingerprint density at radius 2 is 1.87 bits per heavy atom. The van der Waals surface area contributed by atoms with Crippen LogP contribution in [-0.2, 0) is 11.3 Å². The second-order valence-electron chi connectivity index (χ2n) is 9.06. The number of carbonyl (C=O) groups is 1. The summed E-state index contributed by atoms with van der Waals surface area (Å²) in [6.45, 7) is 2.32. The van der Waals surface area contributed by atoms with Crippen molar-refractivity contribution in [1.29, 1.82) is 15.8 Å². The van der Waals surface area contributed by atoms with Crippen LogP contribution in [0.1, 0.15) is 36.8 Å². The zero-order chi connectivity index (χ0) is 27.3. The lowest BCUT2D eigenvalue weighted by Gasteiger charge is -2.40. The number of nitrogens with zero attached hydrogens (tertiary/aromatic N) is 3. The fourth-order valence-corrected chi connectivity index (χ4v) is 5.77. The van der Waals surface area contributed by atoms with E-state index in [9.17, 15) is 20.6 Å². The number of hydrogen-bond acceptors (Lipinski definition) is 7. The molecular weight excluding hydrogens is 546 g/mol. The molecule has 1 amide bonds. The molecule has 0 saturated carbocycles. The molecule has 0 aliphatic heterocycles. The van der Waals surface area contributed by atoms with Crippen LogP contribution in [0.25, 0.3) is 0 Å². The molecule has 0 aromatic heterocycles. The van der Waals surface area contributed by atoms with Crippen LogP contribution in [0.4, 0.5) is 0 Å². The summed E-state index contributed by atoms with van der Waals surface area (Å²) in [4.78, 5) is 12.4. The molecule has 2 aromatic rings. The second kappa shape index (κ2) is 11.4. The van der Waals surface area contributed by atoms with Gasteiger partial charge in [-0.3, -0.25) is 4.79 Å². The smallest absolute Gasteiger partial charge is 0.258 e. The van der Waals surface area contributed by atoms with Crippen molar-refractivity contribution in [2.45, 2.75) is 32.2 Å². The van der Waals surface area contributed by atoms with Crippen molar-refractivity contribution >= 4 is 21.8 Å². The molecule has 0 spiro atoms. The lowest BCUT2D eigenvalue weighted by Crippen LogP contribution is -2.41. The minimum atomic E-state index is -1.73. The number of ether oxygens (including phenoxy) is 2. The Bertz CT molecular complexity index is 1420. The van der Waals surface area contributed by atoms with Gasteiger partial charge in [0, 0.05) is 16.9 Å². The monoisotopic (exact) mass is 571 g/mol. The van der Waals surface area contributed by atoms with E-state index in [0.717, 1.165) is 17.6 Å². The number of allylic oxidation sites excluding steroid dienone is 4. The van der Waals surface area contributed by atoms with Gasteiger partial charge in [0.05, 0.1) is 30.0 Å². The molecule has 0 radical (unpaired) electrons. The maximum atomic E-state index is 12.4. The summed E-state index contributed by atoms with van der Waals surface area (Å²) in [5.74, 6) is -0.447. The van der Waals surface area contributed by atoms with E-state index in [1.807, 2.05) is 43.3 Å². The molecule has 4 rings (SSSR count). The minimum Gasteiger partial charge on any atom is -0.490 e. The molecule has 0 unspecified atom stereocenters. The van der Waals surface area contributed by atoms with Crippen LogP contribution in [0.5, 0.6) is 11.5 Å². The lowest BCUT2D eigenvalue weighted by molar-refractivity contribution is -0.123. The fourth-order valence-electron chi connectivity index (χ4n) is 5.20. The number of carbonyl (C=O) groups excluding carboxylic acids is 1. The summed E-state index contributed by atoms with van der Waals surface area (Å²) >= 11 is 3.60. The molecule has 0 bridgehead atoms. The van der Waals surface area contributed by atoms with Crippen molar-refractivity contribution < 1.29 is 14.3 Å². The molecule has 0 heterocycles. The van der Waals surface area contributed by atoms with Gasteiger partial charge in [0.2, 0.25) is 0 Å². The first kappa shape index (κ1) is 26.8. The number of nitriles is 3. The van der Waals surface area contributed by atoms with Crippen LogP contribution in [0, 0.1) is 45.3 Å². The number of fused-ring (bicyclic) bond motifs is 1. The van der Waals surface area contributed by atoms with Gasteiger partial charge in [0.1, 0.15) is 6.07 Å². The Labute approximate surface area is 230 Å². The minimum absolute atomic E-state index is 0.0281. The molecule has 0 fully saturated rings. The molecular formula is C29H26BrN5O3. The zero-order valence-electron chi connectivity index (χ0n) is 20.8. The van der Waals surface area contributed by atoms with Gasteiger partial charge in [0.15, 0.2) is 23.5 Å². The molecule has 2 aromatic carbocycles. The summed E-state index contributed by atoms with van der Waals surface area (Å²) in [5, 5.41) is 33.1. The number of hydrogen-bond donors (Lipinski definition) is 2. The highest BCUT2D eigenvalue weighted by atomic mass is 79.9. The molecule has 2 aliphatic rings. The third-order valence-corrected chi connectivity index (χ3v) is 7.63. The predicted octanol–water partition coefficient (Wildman–Crippen LogP) is 4.75. The average Bonchev–Trinajstić information content (AvgIpc) is 3.41. The van der Waals surface area contributed by atoms with Crippen molar-refractivity contribution in [3.05, 3.63) is 81.0 Å². The third kappa shape index (κ3) is 4.84. The van der Waals surface area contributed by atoms with E-state index < -0.39 is 11.3 Å². The van der Waals surface area contributed by atoms with Gasteiger partial charge in [-0.15, -0.1) is 0 Å². The maximum Gasteiger partial charge on any atom is 0.258 e. The summed E-state index contributed by atoms with van der Waals surface area (Å²) < 4.78 is 12.3. The van der Waals surface area contributed by atoms with E-state index in [0.29, 0.717) is 41.1 Å². The van der Waals surface area contributed by atoms with Crippen molar-refractivity contribution in [3.63, 3.8) is 0 Å². The molecule has 38 heavy (non-hydrogen) atoms. The highest BCUT2D eigenvalue weighted by Gasteiger charge is 2.54. The first-order chi connectivity index (χ1) is 18.4. The van der Waals surface area contributed by atoms with Crippen LogP contribution in [0.15, 0.2) is 69.9 Å². The van der Waals surface area contributed by atoms with Crippen LogP contribution >= 0.6 is 15.9 Å². The number of amides is 1. The van der Waals surface area contributed by atoms with Gasteiger partial charge in [-0.1, -0.05) is 52.3 Å². The van der Waals surface area contributed by atoms with E-state index >= 15 is 0 Å². The van der Waals surface area contributed by atoms with Gasteiger partial charge in [-0.2, -0.15) is 15.8 Å². The second-order valence-corrected chi connectivity index (χ2v) is 9.91. The number of halogens is 1. The Morgan fingerprint density at radius 3 is 2.53 bits per heavy atom. The Morgan fingerprint density at radius 1 is 1.16 bits per heavy atom. The summed E-state index contributed by atoms with van der Waals surface area (Å²) in [6, 6.07) is 19.4. The number of nitrogens with one attached hydrogen (secondary N) is 1. The number of nitrogens with two attached hydrogens (primary N) is 1. The summed E-state index contributed by atoms with van der Waals surface area (Å²) in [5.41, 5.74) is 7.21. The quantitative estimate of drug-likeness (QED) is 0.465. The number of rotatable bonds is 8. The largest absolute Gasteiger partial charge is 0.490 e. The summed E-state index contributed by atoms with van der Waals surface area (Å²) in [7, 11) is 0. The fraction of sp³-hybridized carbons (Fsp3) is 0.310. The van der Waals surface area contributed by atoms with Crippen molar-refractivity contribution in [2.24, 2.45) is 17.1 Å². The molecule has 2 atom stereocenters. The van der Waals surface area contributed by atoms with E-state index in [1.54, 1.807) is 12.1 Å². The van der Waals surface area contributed by atoms with E-state index in [-0.39, 0.29) is 29.7 Å². The standard InChI is InChI=1S/C29H26BrN5O3/c1-2-37-24-11-21(23(30)12-25(24)38-15-26(36)35-14-18-7-4-3-5-8-18)27-20-10-6-9-19(20)22(13-31)28(34)29(27,16-32)17-33/h3-5,7-9,11-12,20,27H,2,6,10,14-15,34H2,1H3,(H,35,36)/t20-,27-/m1/s1. The highest BCUT2D eigenvalue weighted by Crippen LogP contribution is 2.58. The zero-order valence-corrected chi connectivity index (χ0v) is 22.4. The molecule has 0 saturated heterocycles. The van der Waals surface area contributed by atoms with Crippen molar-refractivity contribution in [1.82, 2.24) is 5.32 Å². The van der Waals surface area contributed by atoms with Crippen LogP contribution in [0.2, 0.25) is 0 Å². The Balaban J connectivity index is 1.66. The van der Waals surface area contributed by atoms with Crippen molar-refractivity contribution in [3.8, 4) is 29.7 Å². The molecule has 192 valence electrons. The van der Waals surface area contributed by atoms with Crippen LogP contribution in [0.3, 0.4) is 0 Å². The van der Waals surface area contributed by atoms with Gasteiger partial charge >= 0.3 is 0 Å². The first-order valence-electron chi connectivity index (χ1n) is 12.2. The molecule has 8 nitrogen and oxygen atoms in total. The van der Waals surface area contributed by atoms with E-state index in [4.69, 9.17) is 15.2 Å². The van der Waals surface area contributed by atoms with Gasteiger partial charge < -0.3 is 20.5 Å². The van der Waals surface area contributed by atoms with Gasteiger partial charge in [0.25, 0.3) is 5.91 Å². The molecule has 2 aliphatic carbocycles. The van der Waals surface area contributed by atoms with Crippen molar-refractivity contribution in [2.75, 3.05) is 13.2 Å². The topological polar surface area (TPSA) is 145 Å². The SMILES string of the molecule is CCOc1cc([C@H]2[C@@H]3CCC=C3C(C#N)=C(N)C2(C#N)C#N)c(Br)cc1OCC(=O)NCc1ccccc1. The normalized spacial score (nSPS) is 19.3. The first-order valence-corrected chi connectivity index (χ1v) is 13.0. The average molecular weight is 572 g/mol. The Kier molecular flexibility index (Phi) is 8.05. The van der Waals surface area contributed by atoms with E-state index in [1.165, 1.54) is 0 Å². The third-order valence-electron chi connectivity index (χ3n) is 6.95.